The first-order valence-electron chi connectivity index (χ1n) is 5.58. The molecule has 0 radical (unpaired) electrons. The second-order valence-electron chi connectivity index (χ2n) is 3.80. The summed E-state index contributed by atoms with van der Waals surface area (Å²) in [5.74, 6) is 0.488. The number of benzene rings is 2. The monoisotopic (exact) mass is 318 g/mol. The quantitative estimate of drug-likeness (QED) is 0.853. The molecule has 2 aromatic rings. The molecule has 0 spiro atoms. The van der Waals surface area contributed by atoms with Gasteiger partial charge in [-0.3, -0.25) is 0 Å². The van der Waals surface area contributed by atoms with Gasteiger partial charge in [-0.2, -0.15) is 0 Å². The highest BCUT2D eigenvalue weighted by Gasteiger charge is 1.97. The van der Waals surface area contributed by atoms with E-state index in [1.807, 2.05) is 24.3 Å². The van der Waals surface area contributed by atoms with Crippen molar-refractivity contribution in [3.05, 3.63) is 64.6 Å². The molecule has 0 heterocycles. The van der Waals surface area contributed by atoms with E-state index in [0.717, 1.165) is 21.9 Å². The fourth-order valence-corrected chi connectivity index (χ4v) is 1.72. The van der Waals surface area contributed by atoms with E-state index in [2.05, 4.69) is 15.9 Å². The van der Waals surface area contributed by atoms with Crippen molar-refractivity contribution in [2.75, 3.05) is 0 Å². The number of carboxylic acids is 1. The number of aliphatic carboxylic acids is 1. The summed E-state index contributed by atoms with van der Waals surface area (Å²) in [5, 5.41) is 8.53. The summed E-state index contributed by atoms with van der Waals surface area (Å²) in [6.45, 7) is 0. The highest BCUT2D eigenvalue weighted by Crippen LogP contribution is 2.23. The lowest BCUT2D eigenvalue weighted by Crippen LogP contribution is -1.86. The van der Waals surface area contributed by atoms with E-state index in [-0.39, 0.29) is 0 Å². The molecule has 0 saturated carbocycles. The maximum absolute atomic E-state index is 10.4. The Balaban J connectivity index is 2.06. The number of ether oxygens (including phenoxy) is 1. The third-order valence-electron chi connectivity index (χ3n) is 2.35. The zero-order valence-electron chi connectivity index (χ0n) is 9.92. The molecule has 2 rings (SSSR count). The molecule has 0 amide bonds. The Bertz CT molecular complexity index is 586. The van der Waals surface area contributed by atoms with Gasteiger partial charge in [-0.15, -0.1) is 0 Å². The van der Waals surface area contributed by atoms with Crippen LogP contribution in [0.2, 0.25) is 0 Å². The molecule has 0 fully saturated rings. The van der Waals surface area contributed by atoms with Crippen LogP contribution in [0.1, 0.15) is 5.56 Å². The molecule has 1 N–H and O–H groups in total. The minimum atomic E-state index is -0.963. The Morgan fingerprint density at radius 1 is 1.00 bits per heavy atom. The number of hydrogen-bond donors (Lipinski definition) is 1. The van der Waals surface area contributed by atoms with Gasteiger partial charge in [0.2, 0.25) is 0 Å². The highest BCUT2D eigenvalue weighted by molar-refractivity contribution is 9.10. The SMILES string of the molecule is O=C(O)C=Cc1ccc(Oc2ccc(Br)cc2)cc1. The van der Waals surface area contributed by atoms with Gasteiger partial charge in [-0.25, -0.2) is 4.79 Å². The second-order valence-corrected chi connectivity index (χ2v) is 4.71. The van der Waals surface area contributed by atoms with Crippen molar-refractivity contribution in [3.63, 3.8) is 0 Å². The lowest BCUT2D eigenvalue weighted by Gasteiger charge is -2.05. The molecule has 3 nitrogen and oxygen atoms in total. The van der Waals surface area contributed by atoms with Crippen molar-refractivity contribution in [3.8, 4) is 11.5 Å². The number of rotatable bonds is 4. The van der Waals surface area contributed by atoms with E-state index in [9.17, 15) is 4.79 Å². The van der Waals surface area contributed by atoms with Gasteiger partial charge in [0.25, 0.3) is 0 Å². The van der Waals surface area contributed by atoms with Gasteiger partial charge in [-0.1, -0.05) is 28.1 Å². The van der Waals surface area contributed by atoms with Gasteiger partial charge in [0.05, 0.1) is 0 Å². The van der Waals surface area contributed by atoms with Crippen molar-refractivity contribution in [1.29, 1.82) is 0 Å². The molecule has 19 heavy (non-hydrogen) atoms. The fraction of sp³-hybridized carbons (Fsp3) is 0. The van der Waals surface area contributed by atoms with E-state index in [0.29, 0.717) is 5.75 Å². The van der Waals surface area contributed by atoms with Crippen molar-refractivity contribution in [2.45, 2.75) is 0 Å². The summed E-state index contributed by atoms with van der Waals surface area (Å²) in [6.07, 6.45) is 2.64. The van der Waals surface area contributed by atoms with E-state index in [1.54, 1.807) is 24.3 Å². The average Bonchev–Trinajstić information content (AvgIpc) is 2.40. The highest BCUT2D eigenvalue weighted by atomic mass is 79.9. The third kappa shape index (κ3) is 4.26. The number of carboxylic acid groups (broad SMARTS) is 1. The molecule has 4 heteroatoms. The summed E-state index contributed by atoms with van der Waals surface area (Å²) in [4.78, 5) is 10.4. The topological polar surface area (TPSA) is 46.5 Å². The smallest absolute Gasteiger partial charge is 0.328 e. The first-order chi connectivity index (χ1) is 9.13. The molecule has 0 aliphatic rings. The van der Waals surface area contributed by atoms with Gasteiger partial charge in [-0.05, 0) is 48.0 Å². The van der Waals surface area contributed by atoms with Crippen LogP contribution in [-0.4, -0.2) is 11.1 Å². The Morgan fingerprint density at radius 3 is 2.05 bits per heavy atom. The van der Waals surface area contributed by atoms with Crippen LogP contribution in [-0.2, 0) is 4.79 Å². The molecule has 0 aliphatic heterocycles. The van der Waals surface area contributed by atoms with Gasteiger partial charge in [0.15, 0.2) is 0 Å². The van der Waals surface area contributed by atoms with Crippen LogP contribution in [0.3, 0.4) is 0 Å². The summed E-state index contributed by atoms with van der Waals surface area (Å²) in [7, 11) is 0. The fourth-order valence-electron chi connectivity index (χ4n) is 1.45. The molecule has 0 saturated heterocycles. The van der Waals surface area contributed by atoms with Crippen molar-refractivity contribution in [2.24, 2.45) is 0 Å². The summed E-state index contributed by atoms with van der Waals surface area (Å²) >= 11 is 3.36. The van der Waals surface area contributed by atoms with Crippen LogP contribution in [0.15, 0.2) is 59.1 Å². The maximum atomic E-state index is 10.4. The van der Waals surface area contributed by atoms with E-state index in [4.69, 9.17) is 9.84 Å². The predicted octanol–water partition coefficient (Wildman–Crippen LogP) is 4.34. The van der Waals surface area contributed by atoms with Crippen LogP contribution in [0.4, 0.5) is 0 Å². The number of carbonyl (C=O) groups is 1. The normalized spacial score (nSPS) is 10.6. The number of halogens is 1. The zero-order valence-corrected chi connectivity index (χ0v) is 11.5. The Morgan fingerprint density at radius 2 is 1.53 bits per heavy atom. The van der Waals surface area contributed by atoms with Crippen LogP contribution in [0.25, 0.3) is 6.08 Å². The van der Waals surface area contributed by atoms with Crippen LogP contribution in [0, 0.1) is 0 Å². The van der Waals surface area contributed by atoms with Gasteiger partial charge in [0.1, 0.15) is 11.5 Å². The molecular formula is C15H11BrO3. The maximum Gasteiger partial charge on any atom is 0.328 e. The first-order valence-corrected chi connectivity index (χ1v) is 6.37. The summed E-state index contributed by atoms with van der Waals surface area (Å²) in [5.41, 5.74) is 0.811. The van der Waals surface area contributed by atoms with Gasteiger partial charge in [0, 0.05) is 10.5 Å². The second kappa shape index (κ2) is 6.20. The first kappa shape index (κ1) is 13.4. The standard InChI is InChI=1S/C15H11BrO3/c16-12-4-8-14(9-5-12)19-13-6-1-11(2-7-13)3-10-15(17)18/h1-10H,(H,17,18). The molecule has 96 valence electrons. The lowest BCUT2D eigenvalue weighted by molar-refractivity contribution is -0.131. The third-order valence-corrected chi connectivity index (χ3v) is 2.88. The summed E-state index contributed by atoms with van der Waals surface area (Å²) < 4.78 is 6.65. The largest absolute Gasteiger partial charge is 0.478 e. The minimum absolute atomic E-state index is 0.704. The van der Waals surface area contributed by atoms with Gasteiger partial charge >= 0.3 is 5.97 Å². The molecule has 0 aliphatic carbocycles. The van der Waals surface area contributed by atoms with Crippen LogP contribution in [0.5, 0.6) is 11.5 Å². The molecule has 0 bridgehead atoms. The van der Waals surface area contributed by atoms with Crippen LogP contribution < -0.4 is 4.74 Å². The van der Waals surface area contributed by atoms with E-state index in [1.165, 1.54) is 6.08 Å². The average molecular weight is 319 g/mol. The lowest BCUT2D eigenvalue weighted by atomic mass is 10.2. The van der Waals surface area contributed by atoms with E-state index < -0.39 is 5.97 Å². The molecule has 2 aromatic carbocycles. The van der Waals surface area contributed by atoms with Crippen molar-refractivity contribution < 1.29 is 14.6 Å². The Hall–Kier alpha value is -2.07. The molecular weight excluding hydrogens is 308 g/mol. The van der Waals surface area contributed by atoms with Crippen LogP contribution >= 0.6 is 15.9 Å². The summed E-state index contributed by atoms with van der Waals surface area (Å²) in [6, 6.07) is 14.7. The van der Waals surface area contributed by atoms with E-state index >= 15 is 0 Å². The molecule has 0 aromatic heterocycles. The molecule has 0 unspecified atom stereocenters. The predicted molar refractivity (Wildman–Crippen MR) is 77.3 cm³/mol. The Kier molecular flexibility index (Phi) is 4.36. The minimum Gasteiger partial charge on any atom is -0.478 e. The Labute approximate surface area is 119 Å². The zero-order chi connectivity index (χ0) is 13.7. The van der Waals surface area contributed by atoms with Gasteiger partial charge < -0.3 is 9.84 Å². The van der Waals surface area contributed by atoms with Crippen molar-refractivity contribution in [1.82, 2.24) is 0 Å². The van der Waals surface area contributed by atoms with Crippen molar-refractivity contribution >= 4 is 28.0 Å². The molecule has 0 atom stereocenters. The number of hydrogen-bond acceptors (Lipinski definition) is 2.